The van der Waals surface area contributed by atoms with Gasteiger partial charge in [0.2, 0.25) is 0 Å². The van der Waals surface area contributed by atoms with Crippen LogP contribution >= 0.6 is 11.6 Å². The number of aryl methyl sites for hydroxylation is 1. The Morgan fingerprint density at radius 2 is 2.15 bits per heavy atom. The molecule has 0 fully saturated rings. The maximum absolute atomic E-state index is 11.7. The highest BCUT2D eigenvalue weighted by atomic mass is 35.5. The normalized spacial score (nSPS) is 10.2. The van der Waals surface area contributed by atoms with Gasteiger partial charge in [0.05, 0.1) is 17.0 Å². The van der Waals surface area contributed by atoms with Gasteiger partial charge < -0.3 is 15.2 Å². The lowest BCUT2D eigenvalue weighted by atomic mass is 10.3. The number of halogens is 1. The summed E-state index contributed by atoms with van der Waals surface area (Å²) in [5.74, 6) is 0. The van der Waals surface area contributed by atoms with E-state index in [0.717, 1.165) is 19.4 Å². The minimum Gasteiger partial charge on any atom is -0.338 e. The van der Waals surface area contributed by atoms with E-state index in [2.05, 4.69) is 15.6 Å². The van der Waals surface area contributed by atoms with E-state index in [1.807, 2.05) is 22.9 Å². The van der Waals surface area contributed by atoms with Gasteiger partial charge in [0, 0.05) is 25.5 Å². The molecule has 0 aliphatic carbocycles. The third-order valence-corrected chi connectivity index (χ3v) is 3.14. The maximum atomic E-state index is 11.7. The van der Waals surface area contributed by atoms with Crippen molar-refractivity contribution in [1.29, 1.82) is 0 Å². The molecule has 0 radical (unpaired) electrons. The second kappa shape index (κ2) is 7.55. The molecule has 0 atom stereocenters. The van der Waals surface area contributed by atoms with Gasteiger partial charge in [-0.2, -0.15) is 0 Å². The first-order valence-corrected chi connectivity index (χ1v) is 6.88. The predicted molar refractivity (Wildman–Crippen MR) is 79.9 cm³/mol. The molecular weight excluding hydrogens is 276 g/mol. The predicted octanol–water partition coefficient (Wildman–Crippen LogP) is 3.14. The number of para-hydroxylation sites is 1. The average molecular weight is 293 g/mol. The zero-order chi connectivity index (χ0) is 14.2. The fourth-order valence-electron chi connectivity index (χ4n) is 1.77. The van der Waals surface area contributed by atoms with Crippen LogP contribution < -0.4 is 10.6 Å². The number of carbonyl (C=O) groups is 1. The van der Waals surface area contributed by atoms with E-state index < -0.39 is 0 Å². The monoisotopic (exact) mass is 292 g/mol. The lowest BCUT2D eigenvalue weighted by Gasteiger charge is -2.08. The maximum Gasteiger partial charge on any atom is 0.319 e. The number of anilines is 1. The second-order valence-electron chi connectivity index (χ2n) is 4.37. The van der Waals surface area contributed by atoms with Crippen molar-refractivity contribution in [2.45, 2.75) is 19.4 Å². The van der Waals surface area contributed by atoms with Crippen LogP contribution in [-0.4, -0.2) is 22.1 Å². The average Bonchev–Trinajstić information content (AvgIpc) is 2.94. The summed E-state index contributed by atoms with van der Waals surface area (Å²) in [4.78, 5) is 15.6. The van der Waals surface area contributed by atoms with Crippen LogP contribution in [0.3, 0.4) is 0 Å². The number of carbonyl (C=O) groups excluding carboxylic acids is 1. The number of aromatic nitrogens is 2. The summed E-state index contributed by atoms with van der Waals surface area (Å²) in [6, 6.07) is 6.91. The van der Waals surface area contributed by atoms with Gasteiger partial charge in [-0.05, 0) is 25.0 Å². The summed E-state index contributed by atoms with van der Waals surface area (Å²) in [6.45, 7) is 1.54. The Kier molecular flexibility index (Phi) is 5.43. The minimum absolute atomic E-state index is 0.235. The zero-order valence-electron chi connectivity index (χ0n) is 11.1. The molecule has 0 saturated carbocycles. The molecule has 5 nitrogen and oxygen atoms in total. The first kappa shape index (κ1) is 14.4. The Morgan fingerprint density at radius 3 is 2.90 bits per heavy atom. The van der Waals surface area contributed by atoms with Gasteiger partial charge in [0.15, 0.2) is 0 Å². The Balaban J connectivity index is 1.62. The highest BCUT2D eigenvalue weighted by molar-refractivity contribution is 6.33. The number of amides is 2. The molecule has 0 saturated heterocycles. The number of rotatable bonds is 6. The molecule has 0 aliphatic rings. The molecule has 0 aliphatic heterocycles. The van der Waals surface area contributed by atoms with E-state index in [9.17, 15) is 4.79 Å². The summed E-state index contributed by atoms with van der Waals surface area (Å²) >= 11 is 5.96. The molecule has 2 rings (SSSR count). The van der Waals surface area contributed by atoms with Crippen LogP contribution in [0.25, 0.3) is 0 Å². The fourth-order valence-corrected chi connectivity index (χ4v) is 1.95. The van der Waals surface area contributed by atoms with Crippen molar-refractivity contribution in [1.82, 2.24) is 14.9 Å². The summed E-state index contributed by atoms with van der Waals surface area (Å²) in [5.41, 5.74) is 0.616. The highest BCUT2D eigenvalue weighted by Crippen LogP contribution is 2.19. The van der Waals surface area contributed by atoms with Gasteiger partial charge in [-0.25, -0.2) is 9.78 Å². The van der Waals surface area contributed by atoms with Gasteiger partial charge in [-0.3, -0.25) is 0 Å². The van der Waals surface area contributed by atoms with Crippen LogP contribution in [-0.2, 0) is 6.54 Å². The van der Waals surface area contributed by atoms with Crippen LogP contribution in [0.5, 0.6) is 0 Å². The summed E-state index contributed by atoms with van der Waals surface area (Å²) in [7, 11) is 0. The molecule has 0 unspecified atom stereocenters. The van der Waals surface area contributed by atoms with Gasteiger partial charge in [-0.1, -0.05) is 23.7 Å². The second-order valence-corrected chi connectivity index (χ2v) is 4.78. The standard InChI is InChI=1S/C14H17ClN4O/c15-12-5-1-2-6-13(12)18-14(20)17-7-3-4-9-19-10-8-16-11-19/h1-2,5-6,8,10-11H,3-4,7,9H2,(H2,17,18,20). The van der Waals surface area contributed by atoms with Crippen molar-refractivity contribution in [3.63, 3.8) is 0 Å². The molecular formula is C14H17ClN4O. The fraction of sp³-hybridized carbons (Fsp3) is 0.286. The van der Waals surface area contributed by atoms with Gasteiger partial charge in [-0.15, -0.1) is 0 Å². The third-order valence-electron chi connectivity index (χ3n) is 2.81. The first-order chi connectivity index (χ1) is 9.75. The quantitative estimate of drug-likeness (QED) is 0.804. The molecule has 1 heterocycles. The van der Waals surface area contributed by atoms with Crippen molar-refractivity contribution in [3.8, 4) is 0 Å². The lowest BCUT2D eigenvalue weighted by molar-refractivity contribution is 0.252. The number of unbranched alkanes of at least 4 members (excludes halogenated alkanes) is 1. The van der Waals surface area contributed by atoms with Crippen molar-refractivity contribution >= 4 is 23.3 Å². The number of nitrogens with zero attached hydrogens (tertiary/aromatic N) is 2. The topological polar surface area (TPSA) is 59.0 Å². The van der Waals surface area contributed by atoms with E-state index in [0.29, 0.717) is 17.3 Å². The Bertz CT molecular complexity index is 542. The molecule has 2 amide bonds. The zero-order valence-corrected chi connectivity index (χ0v) is 11.8. The Hall–Kier alpha value is -2.01. The molecule has 0 spiro atoms. The van der Waals surface area contributed by atoms with E-state index >= 15 is 0 Å². The largest absolute Gasteiger partial charge is 0.338 e. The summed E-state index contributed by atoms with van der Waals surface area (Å²) in [5, 5.41) is 6.05. The van der Waals surface area contributed by atoms with Crippen molar-refractivity contribution in [2.24, 2.45) is 0 Å². The van der Waals surface area contributed by atoms with Gasteiger partial charge in [0.1, 0.15) is 0 Å². The van der Waals surface area contributed by atoms with Crippen LogP contribution in [0, 0.1) is 0 Å². The first-order valence-electron chi connectivity index (χ1n) is 6.51. The molecule has 2 N–H and O–H groups in total. The molecule has 106 valence electrons. The number of hydrogen-bond donors (Lipinski definition) is 2. The van der Waals surface area contributed by atoms with E-state index in [4.69, 9.17) is 11.6 Å². The SMILES string of the molecule is O=C(NCCCCn1ccnc1)Nc1ccccc1Cl. The lowest BCUT2D eigenvalue weighted by Crippen LogP contribution is -2.29. The van der Waals surface area contributed by atoms with E-state index in [1.165, 1.54) is 0 Å². The molecule has 0 bridgehead atoms. The van der Waals surface area contributed by atoms with E-state index in [-0.39, 0.29) is 6.03 Å². The van der Waals surface area contributed by atoms with Crippen LogP contribution in [0.4, 0.5) is 10.5 Å². The van der Waals surface area contributed by atoms with Crippen LogP contribution in [0.15, 0.2) is 43.0 Å². The highest BCUT2D eigenvalue weighted by Gasteiger charge is 2.03. The molecule has 6 heteroatoms. The molecule has 20 heavy (non-hydrogen) atoms. The van der Waals surface area contributed by atoms with Gasteiger partial charge >= 0.3 is 6.03 Å². The minimum atomic E-state index is -0.235. The van der Waals surface area contributed by atoms with Crippen molar-refractivity contribution in [2.75, 3.05) is 11.9 Å². The van der Waals surface area contributed by atoms with E-state index in [1.54, 1.807) is 24.7 Å². The Morgan fingerprint density at radius 1 is 1.30 bits per heavy atom. The Labute approximate surface area is 123 Å². The van der Waals surface area contributed by atoms with Crippen LogP contribution in [0.1, 0.15) is 12.8 Å². The number of urea groups is 1. The van der Waals surface area contributed by atoms with Crippen molar-refractivity contribution in [3.05, 3.63) is 48.0 Å². The third kappa shape index (κ3) is 4.59. The smallest absolute Gasteiger partial charge is 0.319 e. The number of hydrogen-bond acceptors (Lipinski definition) is 2. The molecule has 1 aromatic carbocycles. The number of imidazole rings is 1. The molecule has 2 aromatic rings. The van der Waals surface area contributed by atoms with Gasteiger partial charge in [0.25, 0.3) is 0 Å². The van der Waals surface area contributed by atoms with Crippen molar-refractivity contribution < 1.29 is 4.79 Å². The molecule has 1 aromatic heterocycles. The van der Waals surface area contributed by atoms with Crippen LogP contribution in [0.2, 0.25) is 5.02 Å². The summed E-state index contributed by atoms with van der Waals surface area (Å²) < 4.78 is 2.02. The summed E-state index contributed by atoms with van der Waals surface area (Å²) in [6.07, 6.45) is 7.38. The number of benzene rings is 1. The number of nitrogens with one attached hydrogen (secondary N) is 2.